The van der Waals surface area contributed by atoms with Gasteiger partial charge in [0, 0.05) is 6.07 Å². The first-order valence-electron chi connectivity index (χ1n) is 7.65. The molecule has 0 aromatic heterocycles. The van der Waals surface area contributed by atoms with Crippen LogP contribution in [0.25, 0.3) is 6.08 Å². The van der Waals surface area contributed by atoms with Crippen LogP contribution >= 0.6 is 11.6 Å². The van der Waals surface area contributed by atoms with Crippen molar-refractivity contribution in [2.45, 2.75) is 13.1 Å². The van der Waals surface area contributed by atoms with E-state index >= 15 is 0 Å². The van der Waals surface area contributed by atoms with Crippen molar-refractivity contribution < 1.29 is 27.7 Å². The van der Waals surface area contributed by atoms with Gasteiger partial charge in [0.05, 0.1) is 21.7 Å². The molecular weight excluding hydrogens is 401 g/mol. The van der Waals surface area contributed by atoms with Gasteiger partial charge in [-0.05, 0) is 36.8 Å². The minimum Gasteiger partial charge on any atom is -0.321 e. The summed E-state index contributed by atoms with van der Waals surface area (Å²) in [4.78, 5) is 34.4. The molecule has 0 aliphatic rings. The minimum atomic E-state index is -4.71. The summed E-state index contributed by atoms with van der Waals surface area (Å²) in [7, 11) is 0. The summed E-state index contributed by atoms with van der Waals surface area (Å²) < 4.78 is 39.2. The summed E-state index contributed by atoms with van der Waals surface area (Å²) in [5, 5.41) is 12.9. The second-order valence-electron chi connectivity index (χ2n) is 5.58. The Morgan fingerprint density at radius 1 is 1.18 bits per heavy atom. The van der Waals surface area contributed by atoms with Gasteiger partial charge in [-0.1, -0.05) is 29.8 Å². The van der Waals surface area contributed by atoms with Gasteiger partial charge in [-0.2, -0.15) is 13.2 Å². The quantitative estimate of drug-likeness (QED) is 0.249. The molecule has 28 heavy (non-hydrogen) atoms. The van der Waals surface area contributed by atoms with Crippen LogP contribution in [0, 0.1) is 10.1 Å². The number of nitro groups is 1. The average molecular weight is 413 g/mol. The first-order valence-corrected chi connectivity index (χ1v) is 8.02. The molecule has 1 N–H and O–H groups in total. The molecule has 10 heteroatoms. The Labute approximate surface area is 161 Å². The highest BCUT2D eigenvalue weighted by Gasteiger charge is 2.34. The van der Waals surface area contributed by atoms with Crippen LogP contribution in [0.1, 0.15) is 18.1 Å². The summed E-state index contributed by atoms with van der Waals surface area (Å²) >= 11 is 5.71. The average Bonchev–Trinajstić information content (AvgIpc) is 2.59. The molecule has 0 aliphatic heterocycles. The number of amides is 1. The number of hydrogen-bond acceptors (Lipinski definition) is 4. The molecule has 1 amide bonds. The molecule has 0 heterocycles. The van der Waals surface area contributed by atoms with Crippen molar-refractivity contribution in [2.24, 2.45) is 0 Å². The molecule has 0 aliphatic carbocycles. The fourth-order valence-corrected chi connectivity index (χ4v) is 2.47. The number of benzene rings is 2. The second kappa shape index (κ2) is 8.22. The third-order valence-electron chi connectivity index (χ3n) is 3.58. The SMILES string of the molecule is CC(=O)/C(=C\c1ccc(Cl)c([N+](=O)[O-])c1)C(=O)Nc1ccccc1C(F)(F)F. The summed E-state index contributed by atoms with van der Waals surface area (Å²) in [6.45, 7) is 1.05. The van der Waals surface area contributed by atoms with Crippen molar-refractivity contribution >= 4 is 40.7 Å². The van der Waals surface area contributed by atoms with Gasteiger partial charge in [-0.15, -0.1) is 0 Å². The van der Waals surface area contributed by atoms with Gasteiger partial charge in [0.25, 0.3) is 11.6 Å². The number of nitrogens with one attached hydrogen (secondary N) is 1. The van der Waals surface area contributed by atoms with Crippen molar-refractivity contribution in [1.29, 1.82) is 0 Å². The van der Waals surface area contributed by atoms with Crippen LogP contribution in [0.2, 0.25) is 5.02 Å². The lowest BCUT2D eigenvalue weighted by Crippen LogP contribution is -2.21. The van der Waals surface area contributed by atoms with E-state index in [1.54, 1.807) is 0 Å². The molecule has 0 radical (unpaired) electrons. The molecule has 0 atom stereocenters. The number of carbonyl (C=O) groups excluding carboxylic acids is 2. The molecule has 0 saturated carbocycles. The number of ketones is 1. The van der Waals surface area contributed by atoms with E-state index in [-0.39, 0.29) is 10.6 Å². The van der Waals surface area contributed by atoms with Crippen molar-refractivity contribution in [1.82, 2.24) is 0 Å². The van der Waals surface area contributed by atoms with Gasteiger partial charge >= 0.3 is 6.18 Å². The number of nitro benzene ring substituents is 1. The Hall–Kier alpha value is -3.20. The maximum absolute atomic E-state index is 13.1. The lowest BCUT2D eigenvalue weighted by molar-refractivity contribution is -0.384. The predicted octanol–water partition coefficient (Wildman–Crippen LogP) is 4.88. The van der Waals surface area contributed by atoms with Crippen LogP contribution in [0.3, 0.4) is 0 Å². The largest absolute Gasteiger partial charge is 0.418 e. The normalized spacial score (nSPS) is 11.8. The third kappa shape index (κ3) is 4.95. The van der Waals surface area contributed by atoms with Crippen molar-refractivity contribution in [3.05, 3.63) is 74.3 Å². The fraction of sp³-hybridized carbons (Fsp3) is 0.111. The first kappa shape index (κ1) is 21.1. The molecule has 0 saturated heterocycles. The van der Waals surface area contributed by atoms with Crippen LogP contribution in [-0.2, 0) is 15.8 Å². The minimum absolute atomic E-state index is 0.112. The van der Waals surface area contributed by atoms with Crippen molar-refractivity contribution in [3.63, 3.8) is 0 Å². The number of carbonyl (C=O) groups is 2. The summed E-state index contributed by atoms with van der Waals surface area (Å²) in [5.41, 5.74) is -2.40. The van der Waals surface area contributed by atoms with Gasteiger partial charge in [0.1, 0.15) is 5.02 Å². The standard InChI is InChI=1S/C18H12ClF3N2O4/c1-10(25)12(8-11-6-7-14(19)16(9-11)24(27)28)17(26)23-15-5-3-2-4-13(15)18(20,21)22/h2-9H,1H3,(H,23,26)/b12-8+. The lowest BCUT2D eigenvalue weighted by atomic mass is 10.1. The summed E-state index contributed by atoms with van der Waals surface area (Å²) in [5.74, 6) is -1.82. The van der Waals surface area contributed by atoms with E-state index in [0.717, 1.165) is 37.3 Å². The summed E-state index contributed by atoms with van der Waals surface area (Å²) in [6, 6.07) is 7.87. The molecule has 0 unspecified atom stereocenters. The second-order valence-corrected chi connectivity index (χ2v) is 5.99. The van der Waals surface area contributed by atoms with Crippen LogP contribution in [-0.4, -0.2) is 16.6 Å². The monoisotopic (exact) mass is 412 g/mol. The Bertz CT molecular complexity index is 987. The number of alkyl halides is 3. The number of hydrogen-bond donors (Lipinski definition) is 1. The third-order valence-corrected chi connectivity index (χ3v) is 3.90. The Kier molecular flexibility index (Phi) is 6.19. The number of anilines is 1. The topological polar surface area (TPSA) is 89.3 Å². The van der Waals surface area contributed by atoms with E-state index in [0.29, 0.717) is 0 Å². The predicted molar refractivity (Wildman–Crippen MR) is 96.8 cm³/mol. The highest BCUT2D eigenvalue weighted by molar-refractivity contribution is 6.32. The Morgan fingerprint density at radius 3 is 2.39 bits per heavy atom. The van der Waals surface area contributed by atoms with Gasteiger partial charge in [0.15, 0.2) is 5.78 Å². The van der Waals surface area contributed by atoms with Gasteiger partial charge in [-0.3, -0.25) is 19.7 Å². The zero-order chi connectivity index (χ0) is 21.1. The number of rotatable bonds is 5. The van der Waals surface area contributed by atoms with Crippen LogP contribution in [0.4, 0.5) is 24.5 Å². The molecule has 0 spiro atoms. The number of para-hydroxylation sites is 1. The molecule has 0 fully saturated rings. The maximum atomic E-state index is 13.1. The molecule has 2 rings (SSSR count). The molecule has 146 valence electrons. The molecule has 6 nitrogen and oxygen atoms in total. The first-order chi connectivity index (χ1) is 13.0. The van der Waals surface area contributed by atoms with Crippen LogP contribution < -0.4 is 5.32 Å². The molecule has 2 aromatic carbocycles. The fourth-order valence-electron chi connectivity index (χ4n) is 2.28. The van der Waals surface area contributed by atoms with E-state index in [4.69, 9.17) is 11.6 Å². The number of nitrogens with zero attached hydrogens (tertiary/aromatic N) is 1. The van der Waals surface area contributed by atoms with E-state index in [9.17, 15) is 32.9 Å². The van der Waals surface area contributed by atoms with Gasteiger partial charge < -0.3 is 5.32 Å². The molecular formula is C18H12ClF3N2O4. The van der Waals surface area contributed by atoms with E-state index in [2.05, 4.69) is 5.32 Å². The van der Waals surface area contributed by atoms with Crippen molar-refractivity contribution in [3.8, 4) is 0 Å². The Balaban J connectivity index is 2.42. The number of halogens is 4. The van der Waals surface area contributed by atoms with Gasteiger partial charge in [0.2, 0.25) is 0 Å². The smallest absolute Gasteiger partial charge is 0.321 e. The van der Waals surface area contributed by atoms with Crippen molar-refractivity contribution in [2.75, 3.05) is 5.32 Å². The number of Topliss-reactive ketones (excluding diaryl/α,β-unsaturated/α-hetero) is 1. The van der Waals surface area contributed by atoms with E-state index in [1.807, 2.05) is 0 Å². The molecule has 0 bridgehead atoms. The summed E-state index contributed by atoms with van der Waals surface area (Å²) in [6.07, 6.45) is -3.67. The molecule has 2 aromatic rings. The highest BCUT2D eigenvalue weighted by Crippen LogP contribution is 2.34. The van der Waals surface area contributed by atoms with E-state index in [1.165, 1.54) is 18.2 Å². The zero-order valence-corrected chi connectivity index (χ0v) is 15.0. The Morgan fingerprint density at radius 2 is 1.82 bits per heavy atom. The lowest BCUT2D eigenvalue weighted by Gasteiger charge is -2.14. The van der Waals surface area contributed by atoms with E-state index < -0.39 is 45.3 Å². The van der Waals surface area contributed by atoms with Gasteiger partial charge in [-0.25, -0.2) is 0 Å². The van der Waals surface area contributed by atoms with Crippen LogP contribution in [0.15, 0.2) is 48.0 Å². The van der Waals surface area contributed by atoms with Crippen LogP contribution in [0.5, 0.6) is 0 Å². The maximum Gasteiger partial charge on any atom is 0.418 e. The zero-order valence-electron chi connectivity index (χ0n) is 14.2. The highest BCUT2D eigenvalue weighted by atomic mass is 35.5.